The largest absolute Gasteiger partial charge is 0.353 e. The highest BCUT2D eigenvalue weighted by Gasteiger charge is 2.37. The molecule has 1 aliphatic heterocycles. The first-order valence-electron chi connectivity index (χ1n) is 9.80. The summed E-state index contributed by atoms with van der Waals surface area (Å²) in [6.45, 7) is 13.5. The molecule has 0 atom stereocenters. The van der Waals surface area contributed by atoms with Gasteiger partial charge in [-0.25, -0.2) is 4.98 Å². The van der Waals surface area contributed by atoms with Crippen molar-refractivity contribution in [1.82, 2.24) is 15.3 Å². The van der Waals surface area contributed by atoms with Gasteiger partial charge in [0, 0.05) is 31.7 Å². The Morgan fingerprint density at radius 3 is 2.21 bits per heavy atom. The highest BCUT2D eigenvalue weighted by molar-refractivity contribution is 5.85. The summed E-state index contributed by atoms with van der Waals surface area (Å²) in [4.78, 5) is 11.7. The van der Waals surface area contributed by atoms with Crippen molar-refractivity contribution in [2.24, 2.45) is 0 Å². The zero-order valence-corrected chi connectivity index (χ0v) is 18.9. The van der Waals surface area contributed by atoms with Crippen LogP contribution in [0.1, 0.15) is 51.7 Å². The fourth-order valence-electron chi connectivity index (χ4n) is 4.29. The molecule has 28 heavy (non-hydrogen) atoms. The predicted octanol–water partition coefficient (Wildman–Crippen LogP) is 4.75. The van der Waals surface area contributed by atoms with Crippen molar-refractivity contribution >= 4 is 30.6 Å². The number of piperazine rings is 1. The SMILES string of the molecule is CC1(C)CCC(C)(C)c2cc(-c3cncc(N4CCNCC4)n3)ccc21.Cl.Cl. The minimum Gasteiger partial charge on any atom is -0.353 e. The quantitative estimate of drug-likeness (QED) is 0.757. The van der Waals surface area contributed by atoms with Crippen LogP contribution in [0.4, 0.5) is 5.82 Å². The third-order valence-corrected chi connectivity index (χ3v) is 6.21. The maximum Gasteiger partial charge on any atom is 0.147 e. The normalized spacial score (nSPS) is 19.8. The number of nitrogens with zero attached hydrogens (tertiary/aromatic N) is 3. The van der Waals surface area contributed by atoms with Crippen molar-refractivity contribution in [3.05, 3.63) is 41.7 Å². The number of rotatable bonds is 2. The number of aromatic nitrogens is 2. The van der Waals surface area contributed by atoms with Gasteiger partial charge in [0.05, 0.1) is 18.1 Å². The van der Waals surface area contributed by atoms with E-state index >= 15 is 0 Å². The Morgan fingerprint density at radius 2 is 1.54 bits per heavy atom. The van der Waals surface area contributed by atoms with E-state index in [0.717, 1.165) is 37.7 Å². The van der Waals surface area contributed by atoms with Gasteiger partial charge in [0.25, 0.3) is 0 Å². The summed E-state index contributed by atoms with van der Waals surface area (Å²) >= 11 is 0. The van der Waals surface area contributed by atoms with Crippen LogP contribution >= 0.6 is 24.8 Å². The fourth-order valence-corrected chi connectivity index (χ4v) is 4.29. The average Bonchev–Trinajstić information content (AvgIpc) is 2.66. The summed E-state index contributed by atoms with van der Waals surface area (Å²) < 4.78 is 0. The lowest BCUT2D eigenvalue weighted by molar-refractivity contribution is 0.332. The van der Waals surface area contributed by atoms with E-state index in [1.54, 1.807) is 0 Å². The van der Waals surface area contributed by atoms with E-state index in [1.807, 2.05) is 12.4 Å². The van der Waals surface area contributed by atoms with Crippen molar-refractivity contribution in [3.63, 3.8) is 0 Å². The van der Waals surface area contributed by atoms with Crippen LogP contribution in [-0.2, 0) is 10.8 Å². The number of fused-ring (bicyclic) bond motifs is 1. The van der Waals surface area contributed by atoms with Gasteiger partial charge in [-0.3, -0.25) is 4.98 Å². The van der Waals surface area contributed by atoms with Gasteiger partial charge >= 0.3 is 0 Å². The molecule has 154 valence electrons. The lowest BCUT2D eigenvalue weighted by Gasteiger charge is -2.42. The number of hydrogen-bond donors (Lipinski definition) is 1. The number of nitrogens with one attached hydrogen (secondary N) is 1. The topological polar surface area (TPSA) is 41.1 Å². The van der Waals surface area contributed by atoms with Crippen molar-refractivity contribution in [2.75, 3.05) is 31.1 Å². The van der Waals surface area contributed by atoms with E-state index in [1.165, 1.54) is 29.5 Å². The van der Waals surface area contributed by atoms with Gasteiger partial charge in [-0.05, 0) is 40.9 Å². The standard InChI is InChI=1S/C22H30N4.2ClH/c1-21(2)7-8-22(3,4)18-13-16(5-6-17(18)21)19-14-24-15-20(25-19)26-11-9-23-10-12-26;;/h5-6,13-15,23H,7-12H2,1-4H3;2*1H. The van der Waals surface area contributed by atoms with Gasteiger partial charge in [0.2, 0.25) is 0 Å². The van der Waals surface area contributed by atoms with Crippen molar-refractivity contribution in [2.45, 2.75) is 51.4 Å². The third kappa shape index (κ3) is 4.29. The lowest BCUT2D eigenvalue weighted by Crippen LogP contribution is -2.43. The Labute approximate surface area is 181 Å². The summed E-state index contributed by atoms with van der Waals surface area (Å²) in [5.41, 5.74) is 5.58. The Morgan fingerprint density at radius 1 is 0.893 bits per heavy atom. The lowest BCUT2D eigenvalue weighted by atomic mass is 9.63. The van der Waals surface area contributed by atoms with Crippen LogP contribution in [0.15, 0.2) is 30.6 Å². The molecule has 1 fully saturated rings. The molecule has 1 aromatic heterocycles. The van der Waals surface area contributed by atoms with Crippen LogP contribution in [0.2, 0.25) is 0 Å². The predicted molar refractivity (Wildman–Crippen MR) is 122 cm³/mol. The molecule has 0 saturated carbocycles. The molecule has 2 aromatic rings. The van der Waals surface area contributed by atoms with Crippen LogP contribution in [0, 0.1) is 0 Å². The van der Waals surface area contributed by atoms with Gasteiger partial charge in [0.1, 0.15) is 5.82 Å². The molecule has 0 spiro atoms. The molecular formula is C22H32Cl2N4. The third-order valence-electron chi connectivity index (χ3n) is 6.21. The van der Waals surface area contributed by atoms with Gasteiger partial charge in [-0.15, -0.1) is 24.8 Å². The van der Waals surface area contributed by atoms with E-state index in [2.05, 4.69) is 61.1 Å². The van der Waals surface area contributed by atoms with Gasteiger partial charge < -0.3 is 10.2 Å². The molecule has 2 heterocycles. The highest BCUT2D eigenvalue weighted by Crippen LogP contribution is 2.46. The first-order chi connectivity index (χ1) is 12.4. The zero-order valence-electron chi connectivity index (χ0n) is 17.3. The second-order valence-electron chi connectivity index (χ2n) is 9.03. The minimum absolute atomic E-state index is 0. The van der Waals surface area contributed by atoms with Crippen LogP contribution in [-0.4, -0.2) is 36.1 Å². The van der Waals surface area contributed by atoms with Crippen LogP contribution in [0.3, 0.4) is 0 Å². The highest BCUT2D eigenvalue weighted by atomic mass is 35.5. The van der Waals surface area contributed by atoms with Crippen LogP contribution < -0.4 is 10.2 Å². The molecule has 1 aliphatic carbocycles. The first kappa shape index (κ1) is 22.9. The molecular weight excluding hydrogens is 391 g/mol. The molecule has 4 rings (SSSR count). The molecule has 0 bridgehead atoms. The number of hydrogen-bond acceptors (Lipinski definition) is 4. The van der Waals surface area contributed by atoms with Gasteiger partial charge in [-0.2, -0.15) is 0 Å². The Bertz CT molecular complexity index is 814. The maximum absolute atomic E-state index is 4.94. The van der Waals surface area contributed by atoms with E-state index in [-0.39, 0.29) is 35.6 Å². The van der Waals surface area contributed by atoms with E-state index in [4.69, 9.17) is 4.98 Å². The summed E-state index contributed by atoms with van der Waals surface area (Å²) in [6, 6.07) is 6.92. The second-order valence-corrected chi connectivity index (χ2v) is 9.03. The fraction of sp³-hybridized carbons (Fsp3) is 0.545. The smallest absolute Gasteiger partial charge is 0.147 e. The minimum atomic E-state index is 0. The number of anilines is 1. The van der Waals surface area contributed by atoms with E-state index < -0.39 is 0 Å². The van der Waals surface area contributed by atoms with Crippen molar-refractivity contribution in [1.29, 1.82) is 0 Å². The van der Waals surface area contributed by atoms with Crippen LogP contribution in [0.25, 0.3) is 11.3 Å². The molecule has 2 aliphatic rings. The molecule has 1 aromatic carbocycles. The summed E-state index contributed by atoms with van der Waals surface area (Å²) in [7, 11) is 0. The summed E-state index contributed by atoms with van der Waals surface area (Å²) in [5, 5.41) is 3.39. The Kier molecular flexibility index (Phi) is 7.01. The molecule has 6 heteroatoms. The van der Waals surface area contributed by atoms with E-state index in [0.29, 0.717) is 0 Å². The molecule has 0 amide bonds. The van der Waals surface area contributed by atoms with Gasteiger partial charge in [-0.1, -0.05) is 39.8 Å². The Hall–Kier alpha value is -1.36. The molecule has 0 radical (unpaired) electrons. The monoisotopic (exact) mass is 422 g/mol. The van der Waals surface area contributed by atoms with E-state index in [9.17, 15) is 0 Å². The summed E-state index contributed by atoms with van der Waals surface area (Å²) in [5.74, 6) is 0.987. The average molecular weight is 423 g/mol. The number of benzene rings is 1. The maximum atomic E-state index is 4.94. The first-order valence-corrected chi connectivity index (χ1v) is 9.80. The van der Waals surface area contributed by atoms with Crippen molar-refractivity contribution in [3.8, 4) is 11.3 Å². The molecule has 1 saturated heterocycles. The zero-order chi connectivity index (χ0) is 18.4. The van der Waals surface area contributed by atoms with Crippen LogP contribution in [0.5, 0.6) is 0 Å². The van der Waals surface area contributed by atoms with Crippen molar-refractivity contribution < 1.29 is 0 Å². The molecule has 4 nitrogen and oxygen atoms in total. The summed E-state index contributed by atoms with van der Waals surface area (Å²) in [6.07, 6.45) is 6.25. The number of halogens is 2. The molecule has 1 N–H and O–H groups in total. The molecule has 0 unspecified atom stereocenters. The second kappa shape index (κ2) is 8.56. The Balaban J connectivity index is 0.00000140. The van der Waals surface area contributed by atoms with Gasteiger partial charge in [0.15, 0.2) is 0 Å².